The van der Waals surface area contributed by atoms with Crippen LogP contribution in [0.1, 0.15) is 10.4 Å². The van der Waals surface area contributed by atoms with Gasteiger partial charge in [-0.1, -0.05) is 0 Å². The van der Waals surface area contributed by atoms with Crippen LogP contribution in [0.4, 0.5) is 0 Å². The number of aromatic nitrogens is 4. The minimum absolute atomic E-state index is 0.392. The minimum atomic E-state index is -0.433. The topological polar surface area (TPSA) is 82.0 Å². The zero-order valence-electron chi connectivity index (χ0n) is 14.3. The molecular weight excluding hydrogens is 400 g/mol. The summed E-state index contributed by atoms with van der Waals surface area (Å²) in [4.78, 5) is 24.3. The van der Waals surface area contributed by atoms with Crippen molar-refractivity contribution in [2.24, 2.45) is 7.05 Å². The molecule has 0 fully saturated rings. The zero-order chi connectivity index (χ0) is 18.4. The highest BCUT2D eigenvalue weighted by atomic mass is 79.9. The van der Waals surface area contributed by atoms with Gasteiger partial charge >= 0.3 is 5.97 Å². The second-order valence-corrected chi connectivity index (χ2v) is 6.60. The summed E-state index contributed by atoms with van der Waals surface area (Å²) in [6.07, 6.45) is 0. The number of nitrogens with zero attached hydrogens (tertiary/aromatic N) is 3. The Morgan fingerprint density at radius 2 is 2.00 bits per heavy atom. The minimum Gasteiger partial charge on any atom is -0.494 e. The number of nitrogens with one attached hydrogen (secondary N) is 1. The molecule has 1 aromatic carbocycles. The quantitative estimate of drug-likeness (QED) is 0.408. The summed E-state index contributed by atoms with van der Waals surface area (Å²) >= 11 is 3.38. The number of halogens is 1. The summed E-state index contributed by atoms with van der Waals surface area (Å²) in [5, 5.41) is 0.984. The Balaban J connectivity index is 1.95. The molecule has 3 aromatic heterocycles. The number of H-pyrrole nitrogens is 1. The number of carbonyl (C=O) groups is 1. The molecule has 0 aliphatic carbocycles. The van der Waals surface area contributed by atoms with Crippen molar-refractivity contribution in [3.63, 3.8) is 0 Å². The third-order valence-corrected chi connectivity index (χ3v) is 4.70. The Hall–Kier alpha value is -2.87. The SMILES string of the molecule is COC(=O)c1cc(OC)c2c(c1)nc(-c1cc3ccc(Br)nc3[nH]1)n2C. The number of methoxy groups -OCH3 is 2. The van der Waals surface area contributed by atoms with Gasteiger partial charge in [0, 0.05) is 12.4 Å². The number of fused-ring (bicyclic) bond motifs is 2. The van der Waals surface area contributed by atoms with E-state index in [0.29, 0.717) is 16.8 Å². The van der Waals surface area contributed by atoms with E-state index in [1.54, 1.807) is 19.2 Å². The fraction of sp³-hybridized carbons (Fsp3) is 0.167. The highest BCUT2D eigenvalue weighted by Crippen LogP contribution is 2.32. The van der Waals surface area contributed by atoms with E-state index < -0.39 is 5.97 Å². The first kappa shape index (κ1) is 16.6. The highest BCUT2D eigenvalue weighted by molar-refractivity contribution is 9.10. The molecule has 0 saturated heterocycles. The van der Waals surface area contributed by atoms with E-state index in [1.807, 2.05) is 29.8 Å². The number of rotatable bonds is 3. The number of hydrogen-bond donors (Lipinski definition) is 1. The molecule has 0 aliphatic rings. The molecule has 0 spiro atoms. The Morgan fingerprint density at radius 1 is 1.19 bits per heavy atom. The van der Waals surface area contributed by atoms with Crippen LogP contribution < -0.4 is 4.74 Å². The van der Waals surface area contributed by atoms with Crippen LogP contribution in [-0.2, 0) is 11.8 Å². The van der Waals surface area contributed by atoms with E-state index in [2.05, 4.69) is 25.9 Å². The number of pyridine rings is 1. The Kier molecular flexibility index (Phi) is 3.91. The highest BCUT2D eigenvalue weighted by Gasteiger charge is 2.19. The lowest BCUT2D eigenvalue weighted by atomic mass is 10.2. The second kappa shape index (κ2) is 6.14. The summed E-state index contributed by atoms with van der Waals surface area (Å²) in [6.45, 7) is 0. The fourth-order valence-corrected chi connectivity index (χ4v) is 3.35. The Labute approximate surface area is 157 Å². The third kappa shape index (κ3) is 2.53. The van der Waals surface area contributed by atoms with E-state index in [0.717, 1.165) is 32.7 Å². The maximum absolute atomic E-state index is 11.9. The lowest BCUT2D eigenvalue weighted by molar-refractivity contribution is 0.0600. The first-order chi connectivity index (χ1) is 12.5. The fourth-order valence-electron chi connectivity index (χ4n) is 3.04. The zero-order valence-corrected chi connectivity index (χ0v) is 15.9. The summed E-state index contributed by atoms with van der Waals surface area (Å²) < 4.78 is 13.0. The van der Waals surface area contributed by atoms with E-state index in [-0.39, 0.29) is 0 Å². The van der Waals surface area contributed by atoms with Gasteiger partial charge in [-0.05, 0) is 46.3 Å². The predicted molar refractivity (Wildman–Crippen MR) is 101 cm³/mol. The molecule has 3 heterocycles. The van der Waals surface area contributed by atoms with Crippen molar-refractivity contribution < 1.29 is 14.3 Å². The molecule has 0 saturated carbocycles. The number of ether oxygens (including phenoxy) is 2. The molecule has 0 bridgehead atoms. The van der Waals surface area contributed by atoms with Gasteiger partial charge in [0.05, 0.1) is 31.0 Å². The first-order valence-electron chi connectivity index (χ1n) is 7.80. The molecule has 26 heavy (non-hydrogen) atoms. The maximum atomic E-state index is 11.9. The number of aromatic amines is 1. The molecule has 1 N–H and O–H groups in total. The normalized spacial score (nSPS) is 11.2. The average molecular weight is 415 g/mol. The van der Waals surface area contributed by atoms with Crippen LogP contribution in [0.3, 0.4) is 0 Å². The van der Waals surface area contributed by atoms with Crippen molar-refractivity contribution in [2.75, 3.05) is 14.2 Å². The van der Waals surface area contributed by atoms with Gasteiger partial charge in [-0.15, -0.1) is 0 Å². The van der Waals surface area contributed by atoms with Crippen molar-refractivity contribution in [1.82, 2.24) is 19.5 Å². The Morgan fingerprint density at radius 3 is 2.73 bits per heavy atom. The van der Waals surface area contributed by atoms with Crippen molar-refractivity contribution in [3.05, 3.63) is 40.5 Å². The number of esters is 1. The molecule has 0 atom stereocenters. The Bertz CT molecular complexity index is 1160. The predicted octanol–water partition coefficient (Wildman–Crippen LogP) is 3.67. The van der Waals surface area contributed by atoms with E-state index in [1.165, 1.54) is 7.11 Å². The summed E-state index contributed by atoms with van der Waals surface area (Å²) in [5.74, 6) is 0.840. The molecule has 0 unspecified atom stereocenters. The van der Waals surface area contributed by atoms with Crippen LogP contribution in [0, 0.1) is 0 Å². The molecule has 4 rings (SSSR count). The van der Waals surface area contributed by atoms with Gasteiger partial charge in [0.15, 0.2) is 5.82 Å². The number of hydrogen-bond acceptors (Lipinski definition) is 5. The molecule has 0 amide bonds. The standard InChI is InChI=1S/C18H15BrN4O3/c1-23-15-11(7-10(18(24)26-3)8-13(15)25-2)21-17(23)12-6-9-4-5-14(19)22-16(9)20-12/h4-8H,1-3H3,(H,20,22). The van der Waals surface area contributed by atoms with Crippen LogP contribution in [0.25, 0.3) is 33.6 Å². The largest absolute Gasteiger partial charge is 0.494 e. The molecular formula is C18H15BrN4O3. The van der Waals surface area contributed by atoms with E-state index in [9.17, 15) is 4.79 Å². The van der Waals surface area contributed by atoms with Gasteiger partial charge < -0.3 is 19.0 Å². The lowest BCUT2D eigenvalue weighted by Crippen LogP contribution is -2.02. The van der Waals surface area contributed by atoms with Crippen LogP contribution in [0.15, 0.2) is 34.9 Å². The first-order valence-corrected chi connectivity index (χ1v) is 8.59. The molecule has 8 heteroatoms. The van der Waals surface area contributed by atoms with Crippen molar-refractivity contribution in [2.45, 2.75) is 0 Å². The van der Waals surface area contributed by atoms with E-state index in [4.69, 9.17) is 14.5 Å². The molecule has 4 aromatic rings. The van der Waals surface area contributed by atoms with Gasteiger partial charge in [-0.2, -0.15) is 0 Å². The van der Waals surface area contributed by atoms with Crippen LogP contribution in [0.2, 0.25) is 0 Å². The number of imidazole rings is 1. The number of aryl methyl sites for hydroxylation is 1. The summed E-state index contributed by atoms with van der Waals surface area (Å²) in [6, 6.07) is 9.21. The monoisotopic (exact) mass is 414 g/mol. The van der Waals surface area contributed by atoms with Crippen LogP contribution >= 0.6 is 15.9 Å². The lowest BCUT2D eigenvalue weighted by Gasteiger charge is -2.07. The molecule has 0 aliphatic heterocycles. The maximum Gasteiger partial charge on any atom is 0.338 e. The van der Waals surface area contributed by atoms with E-state index >= 15 is 0 Å². The van der Waals surface area contributed by atoms with Gasteiger partial charge in [0.25, 0.3) is 0 Å². The molecule has 7 nitrogen and oxygen atoms in total. The van der Waals surface area contributed by atoms with Crippen LogP contribution in [0.5, 0.6) is 5.75 Å². The number of carbonyl (C=O) groups excluding carboxylic acids is 1. The van der Waals surface area contributed by atoms with Crippen LogP contribution in [-0.4, -0.2) is 39.7 Å². The smallest absolute Gasteiger partial charge is 0.338 e. The van der Waals surface area contributed by atoms with Crippen molar-refractivity contribution >= 4 is 44.0 Å². The molecule has 0 radical (unpaired) electrons. The summed E-state index contributed by atoms with van der Waals surface area (Å²) in [5.41, 5.74) is 3.43. The van der Waals surface area contributed by atoms with Gasteiger partial charge in [-0.3, -0.25) is 0 Å². The third-order valence-electron chi connectivity index (χ3n) is 4.26. The van der Waals surface area contributed by atoms with Gasteiger partial charge in [0.1, 0.15) is 21.5 Å². The van der Waals surface area contributed by atoms with Gasteiger partial charge in [-0.25, -0.2) is 14.8 Å². The number of benzene rings is 1. The molecule has 132 valence electrons. The summed E-state index contributed by atoms with van der Waals surface area (Å²) in [7, 11) is 4.81. The van der Waals surface area contributed by atoms with Crippen molar-refractivity contribution in [3.8, 4) is 17.3 Å². The second-order valence-electron chi connectivity index (χ2n) is 5.79. The van der Waals surface area contributed by atoms with Crippen molar-refractivity contribution in [1.29, 1.82) is 0 Å². The average Bonchev–Trinajstić information content (AvgIpc) is 3.20. The van der Waals surface area contributed by atoms with Gasteiger partial charge in [0.2, 0.25) is 0 Å².